The molecular formula is C33H25ClN4O2. The van der Waals surface area contributed by atoms with E-state index in [9.17, 15) is 4.79 Å². The molecule has 1 N–H and O–H groups in total. The minimum Gasteiger partial charge on any atom is -0.457 e. The second-order valence-corrected chi connectivity index (χ2v) is 9.82. The summed E-state index contributed by atoms with van der Waals surface area (Å²) >= 11 is 6.48. The summed E-state index contributed by atoms with van der Waals surface area (Å²) in [6.45, 7) is 2.03. The fourth-order valence-corrected chi connectivity index (χ4v) is 4.75. The molecule has 1 saturated heterocycles. The zero-order valence-electron chi connectivity index (χ0n) is 21.7. The van der Waals surface area contributed by atoms with E-state index in [-0.39, 0.29) is 5.91 Å². The van der Waals surface area contributed by atoms with Crippen molar-refractivity contribution in [2.24, 2.45) is 5.10 Å². The van der Waals surface area contributed by atoms with Crippen molar-refractivity contribution in [2.75, 3.05) is 0 Å². The van der Waals surface area contributed by atoms with Gasteiger partial charge in [-0.1, -0.05) is 83.9 Å². The molecule has 1 unspecified atom stereocenters. The monoisotopic (exact) mass is 544 g/mol. The Morgan fingerprint density at radius 3 is 2.45 bits per heavy atom. The summed E-state index contributed by atoms with van der Waals surface area (Å²) in [5, 5.41) is 10.6. The molecule has 0 bridgehead atoms. The summed E-state index contributed by atoms with van der Waals surface area (Å²) in [7, 11) is 0. The number of ether oxygens (including phenoxy) is 1. The first-order chi connectivity index (χ1) is 19.5. The number of hydrogen-bond acceptors (Lipinski definition) is 5. The molecule has 0 spiro atoms. The number of carbonyl (C=O) groups is 1. The van der Waals surface area contributed by atoms with Gasteiger partial charge in [0.25, 0.3) is 5.91 Å². The fraction of sp³-hybridized carbons (Fsp3) is 0.0606. The Morgan fingerprint density at radius 2 is 1.65 bits per heavy atom. The number of carbonyl (C=O) groups excluding carboxylic acids is 1. The summed E-state index contributed by atoms with van der Waals surface area (Å²) in [6.07, 6.45) is 2.90. The van der Waals surface area contributed by atoms with Crippen LogP contribution in [0.4, 0.5) is 0 Å². The van der Waals surface area contributed by atoms with Crippen LogP contribution in [0.2, 0.25) is 5.15 Å². The smallest absolute Gasteiger partial charge is 0.292 e. The number of para-hydroxylation sites is 1. The van der Waals surface area contributed by atoms with Crippen molar-refractivity contribution in [1.29, 1.82) is 0 Å². The molecular weight excluding hydrogens is 520 g/mol. The van der Waals surface area contributed by atoms with E-state index in [1.54, 1.807) is 12.3 Å². The third-order valence-corrected chi connectivity index (χ3v) is 6.81. The molecule has 7 heteroatoms. The van der Waals surface area contributed by atoms with Crippen LogP contribution in [0.15, 0.2) is 120 Å². The van der Waals surface area contributed by atoms with Gasteiger partial charge in [-0.3, -0.25) is 4.79 Å². The molecule has 1 aliphatic rings. The van der Waals surface area contributed by atoms with Crippen molar-refractivity contribution in [2.45, 2.75) is 13.1 Å². The van der Waals surface area contributed by atoms with E-state index in [2.05, 4.69) is 15.4 Å². The van der Waals surface area contributed by atoms with E-state index < -0.39 is 6.17 Å². The standard InChI is InChI=1S/C33H25ClN4O2/c1-22-15-16-29-25(17-22)20-26(31(34)36-29)21-35-38-32(24-10-4-2-5-11-24)37-30(33(38)39)19-23-9-8-14-28(18-23)40-27-12-6-3-7-13-27/h2-21,32,37H,1H3/b30-19-,35-21+. The van der Waals surface area contributed by atoms with E-state index in [4.69, 9.17) is 16.3 Å². The number of amides is 1. The second-order valence-electron chi connectivity index (χ2n) is 9.46. The van der Waals surface area contributed by atoms with Crippen LogP contribution in [-0.2, 0) is 4.79 Å². The predicted molar refractivity (Wildman–Crippen MR) is 159 cm³/mol. The largest absolute Gasteiger partial charge is 0.457 e. The van der Waals surface area contributed by atoms with Crippen molar-refractivity contribution in [1.82, 2.24) is 15.3 Å². The normalized spacial score (nSPS) is 16.1. The van der Waals surface area contributed by atoms with Crippen LogP contribution in [0.5, 0.6) is 11.5 Å². The van der Waals surface area contributed by atoms with Gasteiger partial charge in [-0.15, -0.1) is 0 Å². The lowest BCUT2D eigenvalue weighted by molar-refractivity contribution is -0.126. The van der Waals surface area contributed by atoms with Crippen LogP contribution in [-0.4, -0.2) is 22.1 Å². The molecule has 196 valence electrons. The predicted octanol–water partition coefficient (Wildman–Crippen LogP) is 7.49. The number of halogens is 1. The Morgan fingerprint density at radius 1 is 0.900 bits per heavy atom. The van der Waals surface area contributed by atoms with Crippen molar-refractivity contribution in [3.8, 4) is 11.5 Å². The van der Waals surface area contributed by atoms with Crippen molar-refractivity contribution in [3.05, 3.63) is 142 Å². The number of nitrogens with one attached hydrogen (secondary N) is 1. The Labute approximate surface area is 237 Å². The van der Waals surface area contributed by atoms with Crippen molar-refractivity contribution in [3.63, 3.8) is 0 Å². The number of fused-ring (bicyclic) bond motifs is 1. The molecule has 1 amide bonds. The van der Waals surface area contributed by atoms with Gasteiger partial charge in [0.15, 0.2) is 6.17 Å². The van der Waals surface area contributed by atoms with Crippen molar-refractivity contribution < 1.29 is 9.53 Å². The first-order valence-electron chi connectivity index (χ1n) is 12.8. The molecule has 1 aromatic heterocycles. The topological polar surface area (TPSA) is 66.8 Å². The lowest BCUT2D eigenvalue weighted by Crippen LogP contribution is -2.25. The molecule has 2 heterocycles. The lowest BCUT2D eigenvalue weighted by Gasteiger charge is -2.19. The van der Waals surface area contributed by atoms with Gasteiger partial charge in [-0.05, 0) is 66.6 Å². The molecule has 1 aliphatic heterocycles. The van der Waals surface area contributed by atoms with Crippen LogP contribution >= 0.6 is 11.6 Å². The maximum absolute atomic E-state index is 13.6. The molecule has 0 aliphatic carbocycles. The maximum Gasteiger partial charge on any atom is 0.292 e. The van der Waals surface area contributed by atoms with Gasteiger partial charge in [0.05, 0.1) is 11.7 Å². The van der Waals surface area contributed by atoms with Crippen LogP contribution < -0.4 is 10.1 Å². The maximum atomic E-state index is 13.6. The highest BCUT2D eigenvalue weighted by Gasteiger charge is 2.36. The average molecular weight is 545 g/mol. The van der Waals surface area contributed by atoms with E-state index in [0.717, 1.165) is 33.3 Å². The molecule has 1 fully saturated rings. The Kier molecular flexibility index (Phi) is 7.00. The second kappa shape index (κ2) is 11.0. The van der Waals surface area contributed by atoms with Crippen LogP contribution in [0.25, 0.3) is 17.0 Å². The van der Waals surface area contributed by atoms with Gasteiger partial charge in [-0.2, -0.15) is 5.10 Å². The summed E-state index contributed by atoms with van der Waals surface area (Å²) in [5.41, 5.74) is 4.69. The Bertz CT molecular complexity index is 1750. The highest BCUT2D eigenvalue weighted by atomic mass is 35.5. The van der Waals surface area contributed by atoms with E-state index in [1.165, 1.54) is 5.01 Å². The number of aryl methyl sites for hydroxylation is 1. The third kappa shape index (κ3) is 5.44. The highest BCUT2D eigenvalue weighted by molar-refractivity contribution is 6.32. The summed E-state index contributed by atoms with van der Waals surface area (Å²) < 4.78 is 5.97. The third-order valence-electron chi connectivity index (χ3n) is 6.51. The molecule has 6 nitrogen and oxygen atoms in total. The number of hydrazone groups is 1. The number of rotatable bonds is 6. The van der Waals surface area contributed by atoms with Gasteiger partial charge in [0.2, 0.25) is 0 Å². The first kappa shape index (κ1) is 25.3. The highest BCUT2D eigenvalue weighted by Crippen LogP contribution is 2.30. The van der Waals surface area contributed by atoms with Gasteiger partial charge in [0.1, 0.15) is 22.3 Å². The first-order valence-corrected chi connectivity index (χ1v) is 13.2. The van der Waals surface area contributed by atoms with Gasteiger partial charge >= 0.3 is 0 Å². The molecule has 5 aromatic rings. The quantitative estimate of drug-likeness (QED) is 0.137. The van der Waals surface area contributed by atoms with Crippen LogP contribution in [0, 0.1) is 6.92 Å². The number of hydrogen-bond donors (Lipinski definition) is 1. The van der Waals surface area contributed by atoms with Gasteiger partial charge in [-0.25, -0.2) is 9.99 Å². The minimum atomic E-state index is -0.491. The Hall–Kier alpha value is -4.94. The van der Waals surface area contributed by atoms with Crippen molar-refractivity contribution >= 4 is 40.7 Å². The van der Waals surface area contributed by atoms with Crippen LogP contribution in [0.1, 0.15) is 28.4 Å². The van der Waals surface area contributed by atoms with E-state index in [1.807, 2.05) is 116 Å². The fourth-order valence-electron chi connectivity index (χ4n) is 4.56. The molecule has 1 atom stereocenters. The number of benzene rings is 4. The van der Waals surface area contributed by atoms with E-state index >= 15 is 0 Å². The van der Waals surface area contributed by atoms with Gasteiger partial charge in [0, 0.05) is 10.9 Å². The summed E-state index contributed by atoms with van der Waals surface area (Å²) in [6, 6.07) is 34.8. The number of nitrogens with zero attached hydrogens (tertiary/aromatic N) is 3. The lowest BCUT2D eigenvalue weighted by atomic mass is 10.1. The zero-order valence-corrected chi connectivity index (χ0v) is 22.4. The molecule has 40 heavy (non-hydrogen) atoms. The Balaban J connectivity index is 1.32. The molecule has 0 saturated carbocycles. The number of aromatic nitrogens is 1. The molecule has 0 radical (unpaired) electrons. The van der Waals surface area contributed by atoms with Crippen LogP contribution in [0.3, 0.4) is 0 Å². The number of pyridine rings is 1. The summed E-state index contributed by atoms with van der Waals surface area (Å²) in [5.74, 6) is 1.15. The molecule has 6 rings (SSSR count). The zero-order chi connectivity index (χ0) is 27.5. The average Bonchev–Trinajstić information content (AvgIpc) is 3.28. The minimum absolute atomic E-state index is 0.264. The van der Waals surface area contributed by atoms with Gasteiger partial charge < -0.3 is 10.1 Å². The molecule has 4 aromatic carbocycles. The SMILES string of the molecule is Cc1ccc2nc(Cl)c(/C=N/N3C(=O)/C(=C/c4cccc(Oc5ccccc5)c4)NC3c3ccccc3)cc2c1. The summed E-state index contributed by atoms with van der Waals surface area (Å²) in [4.78, 5) is 18.1. The van der Waals surface area contributed by atoms with E-state index in [0.29, 0.717) is 22.2 Å².